The van der Waals surface area contributed by atoms with E-state index in [1.54, 1.807) is 16.8 Å². The highest BCUT2D eigenvalue weighted by Gasteiger charge is 2.31. The monoisotopic (exact) mass is 405 g/mol. The molecule has 8 nitrogen and oxygen atoms in total. The first-order valence-electron chi connectivity index (χ1n) is 10.4. The topological polar surface area (TPSA) is 88.4 Å². The van der Waals surface area contributed by atoms with Crippen molar-refractivity contribution in [2.45, 2.75) is 26.3 Å². The van der Waals surface area contributed by atoms with Crippen LogP contribution < -0.4 is 15.1 Å². The molecule has 0 atom stereocenters. The molecule has 8 heteroatoms. The number of carbonyl (C=O) groups is 1. The van der Waals surface area contributed by atoms with Crippen LogP contribution in [0.5, 0.6) is 0 Å². The highest BCUT2D eigenvalue weighted by Crippen LogP contribution is 2.31. The first-order valence-corrected chi connectivity index (χ1v) is 10.4. The van der Waals surface area contributed by atoms with Crippen LogP contribution in [0.4, 0.5) is 22.2 Å². The molecule has 2 aliphatic heterocycles. The van der Waals surface area contributed by atoms with Gasteiger partial charge in [0.2, 0.25) is 5.95 Å². The van der Waals surface area contributed by atoms with Crippen LogP contribution in [0.3, 0.4) is 0 Å². The first kappa shape index (κ1) is 20.1. The van der Waals surface area contributed by atoms with E-state index in [1.807, 2.05) is 37.4 Å². The normalized spacial score (nSPS) is 17.6. The van der Waals surface area contributed by atoms with Crippen LogP contribution in [-0.4, -0.2) is 54.1 Å². The van der Waals surface area contributed by atoms with E-state index in [-0.39, 0.29) is 6.03 Å². The number of fused-ring (bicyclic) bond motifs is 1. The number of benzene rings is 1. The minimum absolute atomic E-state index is 0.0914. The van der Waals surface area contributed by atoms with E-state index in [9.17, 15) is 4.79 Å². The average Bonchev–Trinajstić information content (AvgIpc) is 2.77. The van der Waals surface area contributed by atoms with E-state index in [4.69, 9.17) is 5.26 Å². The van der Waals surface area contributed by atoms with Gasteiger partial charge in [0.1, 0.15) is 5.82 Å². The molecule has 1 aromatic heterocycles. The molecule has 0 saturated carbocycles. The molecule has 1 fully saturated rings. The molecule has 30 heavy (non-hydrogen) atoms. The van der Waals surface area contributed by atoms with Crippen molar-refractivity contribution in [3.8, 4) is 6.07 Å². The number of para-hydroxylation sites is 1. The van der Waals surface area contributed by atoms with Crippen molar-refractivity contribution in [3.05, 3.63) is 41.6 Å². The van der Waals surface area contributed by atoms with Crippen molar-refractivity contribution in [1.29, 1.82) is 5.26 Å². The molecule has 1 N–H and O–H groups in total. The van der Waals surface area contributed by atoms with Gasteiger partial charge < -0.3 is 5.32 Å². The maximum absolute atomic E-state index is 13.0. The van der Waals surface area contributed by atoms with E-state index in [0.29, 0.717) is 30.8 Å². The minimum atomic E-state index is -0.0914. The van der Waals surface area contributed by atoms with Crippen LogP contribution in [0, 0.1) is 24.2 Å². The summed E-state index contributed by atoms with van der Waals surface area (Å²) in [7, 11) is 1.76. The molecule has 2 aromatic rings. The maximum atomic E-state index is 13.0. The second-order valence-electron chi connectivity index (χ2n) is 8.02. The SMILES string of the molecule is Cc1ccccc1N1Cc2cnc(NCC3CCN(CC#N)CC3)nc2N(C)C1=O. The molecule has 2 aliphatic rings. The fraction of sp³-hybridized carbons (Fsp3) is 0.455. The number of likely N-dealkylation sites (tertiary alicyclic amines) is 1. The highest BCUT2D eigenvalue weighted by molar-refractivity contribution is 6.05. The van der Waals surface area contributed by atoms with Crippen LogP contribution >= 0.6 is 0 Å². The summed E-state index contributed by atoms with van der Waals surface area (Å²) in [5.41, 5.74) is 2.89. The number of amides is 2. The van der Waals surface area contributed by atoms with Gasteiger partial charge in [-0.3, -0.25) is 14.7 Å². The van der Waals surface area contributed by atoms with Gasteiger partial charge in [0.15, 0.2) is 0 Å². The Hall–Kier alpha value is -3.18. The van der Waals surface area contributed by atoms with Crippen LogP contribution in [0.25, 0.3) is 0 Å². The Balaban J connectivity index is 1.43. The summed E-state index contributed by atoms with van der Waals surface area (Å²) in [4.78, 5) is 27.7. The van der Waals surface area contributed by atoms with E-state index >= 15 is 0 Å². The Labute approximate surface area is 177 Å². The average molecular weight is 406 g/mol. The van der Waals surface area contributed by atoms with E-state index in [2.05, 4.69) is 26.3 Å². The Morgan fingerprint density at radius 1 is 1.27 bits per heavy atom. The Kier molecular flexibility index (Phi) is 5.81. The number of carbonyl (C=O) groups excluding carboxylic acids is 1. The molecule has 0 bridgehead atoms. The van der Waals surface area contributed by atoms with Gasteiger partial charge in [-0.2, -0.15) is 10.2 Å². The second-order valence-corrected chi connectivity index (χ2v) is 8.02. The zero-order chi connectivity index (χ0) is 21.1. The van der Waals surface area contributed by atoms with E-state index in [1.165, 1.54) is 0 Å². The van der Waals surface area contributed by atoms with Gasteiger partial charge in [0, 0.05) is 31.0 Å². The van der Waals surface area contributed by atoms with Gasteiger partial charge in [-0.05, 0) is 50.4 Å². The predicted octanol–water partition coefficient (Wildman–Crippen LogP) is 3.01. The molecule has 0 radical (unpaired) electrons. The Morgan fingerprint density at radius 2 is 2.03 bits per heavy atom. The molecule has 1 saturated heterocycles. The van der Waals surface area contributed by atoms with Gasteiger partial charge in [-0.1, -0.05) is 18.2 Å². The molecule has 0 spiro atoms. The largest absolute Gasteiger partial charge is 0.354 e. The van der Waals surface area contributed by atoms with Crippen molar-refractivity contribution in [3.63, 3.8) is 0 Å². The summed E-state index contributed by atoms with van der Waals surface area (Å²) in [5.74, 6) is 1.75. The summed E-state index contributed by atoms with van der Waals surface area (Å²) < 4.78 is 0. The molecule has 0 aliphatic carbocycles. The fourth-order valence-corrected chi connectivity index (χ4v) is 4.13. The number of anilines is 3. The molecule has 3 heterocycles. The Morgan fingerprint density at radius 3 is 2.77 bits per heavy atom. The van der Waals surface area contributed by atoms with Crippen molar-refractivity contribution >= 4 is 23.5 Å². The van der Waals surface area contributed by atoms with Crippen molar-refractivity contribution in [2.24, 2.45) is 5.92 Å². The number of urea groups is 1. The van der Waals surface area contributed by atoms with Crippen molar-refractivity contribution in [1.82, 2.24) is 14.9 Å². The van der Waals surface area contributed by atoms with Gasteiger partial charge in [-0.15, -0.1) is 0 Å². The number of rotatable bonds is 5. The molecular weight excluding hydrogens is 378 g/mol. The van der Waals surface area contributed by atoms with Gasteiger partial charge >= 0.3 is 6.03 Å². The summed E-state index contributed by atoms with van der Waals surface area (Å²) in [6, 6.07) is 10.0. The van der Waals surface area contributed by atoms with E-state index in [0.717, 1.165) is 49.3 Å². The van der Waals surface area contributed by atoms with Crippen molar-refractivity contribution < 1.29 is 4.79 Å². The molecule has 2 amide bonds. The summed E-state index contributed by atoms with van der Waals surface area (Å²) in [6.07, 6.45) is 3.93. The predicted molar refractivity (Wildman–Crippen MR) is 116 cm³/mol. The van der Waals surface area contributed by atoms with E-state index < -0.39 is 0 Å². The van der Waals surface area contributed by atoms with Crippen LogP contribution in [0.15, 0.2) is 30.5 Å². The van der Waals surface area contributed by atoms with Gasteiger partial charge in [0.25, 0.3) is 0 Å². The van der Waals surface area contributed by atoms with Gasteiger partial charge in [-0.25, -0.2) is 9.78 Å². The standard InChI is InChI=1S/C22H27N7O/c1-16-5-3-4-6-19(16)29-15-18-14-25-21(26-20(18)27(2)22(29)30)24-13-17-7-10-28(11-8-17)12-9-23/h3-6,14,17H,7-8,10-13,15H2,1-2H3,(H,24,25,26). The zero-order valence-electron chi connectivity index (χ0n) is 17.5. The third-order valence-corrected chi connectivity index (χ3v) is 5.96. The number of hydrogen-bond acceptors (Lipinski definition) is 6. The zero-order valence-corrected chi connectivity index (χ0v) is 17.5. The van der Waals surface area contributed by atoms with Crippen LogP contribution in [-0.2, 0) is 6.54 Å². The smallest absolute Gasteiger partial charge is 0.330 e. The number of aryl methyl sites for hydroxylation is 1. The Bertz CT molecular complexity index is 962. The second kappa shape index (κ2) is 8.67. The number of aromatic nitrogens is 2. The maximum Gasteiger partial charge on any atom is 0.330 e. The molecule has 156 valence electrons. The van der Waals surface area contributed by atoms with Crippen molar-refractivity contribution in [2.75, 3.05) is 48.3 Å². The summed E-state index contributed by atoms with van der Waals surface area (Å²) >= 11 is 0. The van der Waals surface area contributed by atoms with Crippen LogP contribution in [0.1, 0.15) is 24.0 Å². The van der Waals surface area contributed by atoms with Gasteiger partial charge in [0.05, 0.1) is 19.2 Å². The lowest BCUT2D eigenvalue weighted by Crippen LogP contribution is -2.46. The fourth-order valence-electron chi connectivity index (χ4n) is 4.13. The number of nitrogens with one attached hydrogen (secondary N) is 1. The minimum Gasteiger partial charge on any atom is -0.354 e. The molecule has 1 aromatic carbocycles. The lowest BCUT2D eigenvalue weighted by Gasteiger charge is -2.35. The highest BCUT2D eigenvalue weighted by atomic mass is 16.2. The summed E-state index contributed by atoms with van der Waals surface area (Å²) in [5, 5.41) is 12.2. The summed E-state index contributed by atoms with van der Waals surface area (Å²) in [6.45, 7) is 5.68. The number of nitriles is 1. The lowest BCUT2D eigenvalue weighted by atomic mass is 9.97. The van der Waals surface area contributed by atoms with Crippen LogP contribution in [0.2, 0.25) is 0 Å². The third kappa shape index (κ3) is 4.07. The molecular formula is C22H27N7O. The molecule has 0 unspecified atom stereocenters. The quantitative estimate of drug-likeness (QED) is 0.770. The number of piperidine rings is 1. The number of nitrogens with zero attached hydrogens (tertiary/aromatic N) is 6. The number of hydrogen-bond donors (Lipinski definition) is 1. The molecule has 4 rings (SSSR count). The lowest BCUT2D eigenvalue weighted by molar-refractivity contribution is 0.208. The first-order chi connectivity index (χ1) is 14.6. The third-order valence-electron chi connectivity index (χ3n) is 5.96.